The number of ether oxygens (including phenoxy) is 1. The summed E-state index contributed by atoms with van der Waals surface area (Å²) in [6, 6.07) is 16.1. The summed E-state index contributed by atoms with van der Waals surface area (Å²) < 4.78 is 20.9. The van der Waals surface area contributed by atoms with Crippen LogP contribution in [0.5, 0.6) is 0 Å². The molecule has 0 amide bonds. The van der Waals surface area contributed by atoms with Crippen LogP contribution < -0.4 is 0 Å². The van der Waals surface area contributed by atoms with Gasteiger partial charge in [0.05, 0.1) is 29.1 Å². The van der Waals surface area contributed by atoms with Crippen molar-refractivity contribution in [3.8, 4) is 11.3 Å². The van der Waals surface area contributed by atoms with E-state index in [2.05, 4.69) is 20.9 Å². The summed E-state index contributed by atoms with van der Waals surface area (Å²) in [5.41, 5.74) is 2.84. The summed E-state index contributed by atoms with van der Waals surface area (Å²) in [5.74, 6) is -1.31. The molecule has 0 saturated heterocycles. The summed E-state index contributed by atoms with van der Waals surface area (Å²) in [4.78, 5) is 30.0. The van der Waals surface area contributed by atoms with Crippen LogP contribution in [0.15, 0.2) is 71.5 Å². The Balaban J connectivity index is 1.87. The topological polar surface area (TPSA) is 60.7 Å². The highest BCUT2D eigenvalue weighted by atomic mass is 79.9. The number of esters is 1. The summed E-state index contributed by atoms with van der Waals surface area (Å²) in [6.45, 7) is 1.93. The van der Waals surface area contributed by atoms with Crippen molar-refractivity contribution in [2.45, 2.75) is 6.92 Å². The number of carbonyl (C=O) groups excluding carboxylic acids is 2. The van der Waals surface area contributed by atoms with Gasteiger partial charge < -0.3 is 4.74 Å². The molecule has 30 heavy (non-hydrogen) atoms. The van der Waals surface area contributed by atoms with E-state index in [9.17, 15) is 14.0 Å². The summed E-state index contributed by atoms with van der Waals surface area (Å²) >= 11 is 3.40. The fraction of sp³-hybridized carbons (Fsp3) is 0.0870. The first kappa shape index (κ1) is 20.0. The Hall–Kier alpha value is -3.32. The molecule has 0 N–H and O–H groups in total. The van der Waals surface area contributed by atoms with Crippen LogP contribution in [0, 0.1) is 5.82 Å². The summed E-state index contributed by atoms with van der Waals surface area (Å²) in [5, 5.41) is 0. The van der Waals surface area contributed by atoms with Gasteiger partial charge in [-0.1, -0.05) is 28.1 Å². The monoisotopic (exact) mass is 466 g/mol. The zero-order valence-electron chi connectivity index (χ0n) is 15.9. The second-order valence-corrected chi connectivity index (χ2v) is 7.45. The standard InChI is InChI=1S/C23H16BrFN2O3/c1-2-30-23(29)18-11-21(22(28)15-5-9-17(25)10-6-15)27-13-26-19(12-20(18)27)14-3-7-16(24)8-4-14/h3-13H,2H2,1H3. The van der Waals surface area contributed by atoms with Gasteiger partial charge in [0.2, 0.25) is 5.78 Å². The molecule has 150 valence electrons. The predicted molar refractivity (Wildman–Crippen MR) is 114 cm³/mol. The normalized spacial score (nSPS) is 10.9. The molecule has 0 radical (unpaired) electrons. The third-order valence-electron chi connectivity index (χ3n) is 4.64. The highest BCUT2D eigenvalue weighted by Crippen LogP contribution is 2.26. The molecular formula is C23H16BrFN2O3. The fourth-order valence-electron chi connectivity index (χ4n) is 3.17. The average molecular weight is 467 g/mol. The van der Waals surface area contributed by atoms with Crippen molar-refractivity contribution < 1.29 is 18.7 Å². The van der Waals surface area contributed by atoms with Gasteiger partial charge in [-0.15, -0.1) is 0 Å². The lowest BCUT2D eigenvalue weighted by Gasteiger charge is -2.06. The van der Waals surface area contributed by atoms with Crippen LogP contribution in [0.4, 0.5) is 4.39 Å². The first-order chi connectivity index (χ1) is 14.5. The van der Waals surface area contributed by atoms with Crippen LogP contribution >= 0.6 is 15.9 Å². The van der Waals surface area contributed by atoms with Gasteiger partial charge in [-0.25, -0.2) is 14.2 Å². The van der Waals surface area contributed by atoms with E-state index < -0.39 is 11.8 Å². The molecule has 0 atom stereocenters. The number of benzene rings is 2. The predicted octanol–water partition coefficient (Wildman–Crippen LogP) is 5.31. The van der Waals surface area contributed by atoms with Gasteiger partial charge >= 0.3 is 5.97 Å². The number of halogens is 2. The lowest BCUT2D eigenvalue weighted by atomic mass is 10.1. The maximum atomic E-state index is 13.2. The number of rotatable bonds is 5. The number of fused-ring (bicyclic) bond motifs is 1. The Kier molecular flexibility index (Phi) is 5.46. The molecule has 0 aliphatic rings. The van der Waals surface area contributed by atoms with Crippen molar-refractivity contribution >= 4 is 33.2 Å². The average Bonchev–Trinajstić information content (AvgIpc) is 3.13. The van der Waals surface area contributed by atoms with Gasteiger partial charge in [0.1, 0.15) is 12.1 Å². The second-order valence-electron chi connectivity index (χ2n) is 6.54. The van der Waals surface area contributed by atoms with Gasteiger partial charge in [-0.3, -0.25) is 9.20 Å². The minimum atomic E-state index is -0.527. The van der Waals surface area contributed by atoms with Crippen molar-refractivity contribution in [2.75, 3.05) is 6.61 Å². The van der Waals surface area contributed by atoms with Crippen LogP contribution in [0.25, 0.3) is 16.8 Å². The first-order valence-corrected chi connectivity index (χ1v) is 10.0. The Morgan fingerprint density at radius 3 is 2.43 bits per heavy atom. The number of hydrogen-bond acceptors (Lipinski definition) is 4. The molecule has 2 heterocycles. The van der Waals surface area contributed by atoms with E-state index in [0.29, 0.717) is 16.8 Å². The Bertz CT molecular complexity index is 1250. The smallest absolute Gasteiger partial charge is 0.340 e. The molecule has 4 rings (SSSR count). The van der Waals surface area contributed by atoms with E-state index in [1.807, 2.05) is 24.3 Å². The molecular weight excluding hydrogens is 451 g/mol. The van der Waals surface area contributed by atoms with Crippen LogP contribution in [-0.4, -0.2) is 27.7 Å². The molecule has 0 aliphatic heterocycles. The molecule has 2 aromatic carbocycles. The molecule has 0 saturated carbocycles. The molecule has 4 aromatic rings. The van der Waals surface area contributed by atoms with Crippen molar-refractivity contribution in [1.82, 2.24) is 9.38 Å². The SMILES string of the molecule is CCOC(=O)c1cc(C(=O)c2ccc(F)cc2)n2cnc(-c3ccc(Br)cc3)cc12. The van der Waals surface area contributed by atoms with E-state index in [0.717, 1.165) is 10.0 Å². The molecule has 2 aromatic heterocycles. The molecule has 0 bridgehead atoms. The first-order valence-electron chi connectivity index (χ1n) is 9.22. The van der Waals surface area contributed by atoms with E-state index in [4.69, 9.17) is 4.74 Å². The lowest BCUT2D eigenvalue weighted by Crippen LogP contribution is -2.05. The molecule has 7 heteroatoms. The Labute approximate surface area is 180 Å². The molecule has 0 aliphatic carbocycles. The zero-order chi connectivity index (χ0) is 21.3. The van der Waals surface area contributed by atoms with Crippen LogP contribution in [-0.2, 0) is 4.74 Å². The van der Waals surface area contributed by atoms with E-state index in [1.54, 1.807) is 17.4 Å². The van der Waals surface area contributed by atoms with Crippen LogP contribution in [0.2, 0.25) is 0 Å². The largest absolute Gasteiger partial charge is 0.462 e. The van der Waals surface area contributed by atoms with Gasteiger partial charge in [-0.05, 0) is 55.5 Å². The highest BCUT2D eigenvalue weighted by Gasteiger charge is 2.22. The Morgan fingerprint density at radius 2 is 1.77 bits per heavy atom. The lowest BCUT2D eigenvalue weighted by molar-refractivity contribution is 0.0529. The molecule has 0 unspecified atom stereocenters. The number of hydrogen-bond donors (Lipinski definition) is 0. The minimum absolute atomic E-state index is 0.210. The minimum Gasteiger partial charge on any atom is -0.462 e. The maximum Gasteiger partial charge on any atom is 0.340 e. The molecule has 5 nitrogen and oxygen atoms in total. The summed E-state index contributed by atoms with van der Waals surface area (Å²) in [6.07, 6.45) is 1.51. The van der Waals surface area contributed by atoms with Crippen LogP contribution in [0.1, 0.15) is 33.3 Å². The van der Waals surface area contributed by atoms with E-state index in [1.165, 1.54) is 36.7 Å². The van der Waals surface area contributed by atoms with Gasteiger partial charge in [0, 0.05) is 15.6 Å². The van der Waals surface area contributed by atoms with Crippen molar-refractivity contribution in [2.24, 2.45) is 0 Å². The van der Waals surface area contributed by atoms with Gasteiger partial charge in [0.15, 0.2) is 0 Å². The number of carbonyl (C=O) groups is 2. The number of aromatic nitrogens is 2. The zero-order valence-corrected chi connectivity index (χ0v) is 17.5. The third-order valence-corrected chi connectivity index (χ3v) is 5.16. The number of ketones is 1. The Morgan fingerprint density at radius 1 is 1.07 bits per heavy atom. The van der Waals surface area contributed by atoms with Gasteiger partial charge in [0.25, 0.3) is 0 Å². The van der Waals surface area contributed by atoms with E-state index in [-0.39, 0.29) is 23.6 Å². The highest BCUT2D eigenvalue weighted by molar-refractivity contribution is 9.10. The van der Waals surface area contributed by atoms with Crippen molar-refractivity contribution in [3.63, 3.8) is 0 Å². The van der Waals surface area contributed by atoms with Crippen LogP contribution in [0.3, 0.4) is 0 Å². The molecule has 0 fully saturated rings. The van der Waals surface area contributed by atoms with Crippen molar-refractivity contribution in [3.05, 3.63) is 94.1 Å². The second kappa shape index (κ2) is 8.20. The number of nitrogens with zero attached hydrogens (tertiary/aromatic N) is 2. The van der Waals surface area contributed by atoms with Crippen molar-refractivity contribution in [1.29, 1.82) is 0 Å². The maximum absolute atomic E-state index is 13.2. The fourth-order valence-corrected chi connectivity index (χ4v) is 3.44. The quantitative estimate of drug-likeness (QED) is 0.295. The third kappa shape index (κ3) is 3.76. The van der Waals surface area contributed by atoms with Gasteiger partial charge in [-0.2, -0.15) is 0 Å². The van der Waals surface area contributed by atoms with E-state index >= 15 is 0 Å². The summed E-state index contributed by atoms with van der Waals surface area (Å²) in [7, 11) is 0. The molecule has 0 spiro atoms.